The molecule has 142 valence electrons. The third-order valence-electron chi connectivity index (χ3n) is 3.22. The number of hydrogen-bond acceptors (Lipinski definition) is 4. The van der Waals surface area contributed by atoms with Gasteiger partial charge in [-0.3, -0.25) is 4.79 Å². The van der Waals surface area contributed by atoms with Crippen LogP contribution in [-0.2, 0) is 20.2 Å². The molecule has 0 unspecified atom stereocenters. The maximum Gasteiger partial charge on any atom is 0.511 e. The Balaban J connectivity index is 2.91. The van der Waals surface area contributed by atoms with Gasteiger partial charge in [-0.25, -0.2) is 13.1 Å². The quantitative estimate of drug-likeness (QED) is 0.626. The van der Waals surface area contributed by atoms with E-state index in [9.17, 15) is 26.4 Å². The largest absolute Gasteiger partial charge is 0.511 e. The van der Waals surface area contributed by atoms with E-state index in [1.807, 2.05) is 20.8 Å². The minimum atomic E-state index is -5.56. The molecule has 25 heavy (non-hydrogen) atoms. The Morgan fingerprint density at radius 2 is 1.60 bits per heavy atom. The molecular formula is C16H22F3NO4S. The van der Waals surface area contributed by atoms with Crippen molar-refractivity contribution in [3.8, 4) is 5.75 Å². The molecular weight excluding hydrogens is 359 g/mol. The molecule has 9 heteroatoms. The van der Waals surface area contributed by atoms with Gasteiger partial charge in [0.15, 0.2) is 0 Å². The third kappa shape index (κ3) is 6.00. The van der Waals surface area contributed by atoms with E-state index >= 15 is 0 Å². The maximum atomic E-state index is 12.5. The van der Waals surface area contributed by atoms with Crippen molar-refractivity contribution >= 4 is 16.0 Å². The number of rotatable bonds is 5. The number of halogens is 3. The Kier molecular flexibility index (Phi) is 5.96. The van der Waals surface area contributed by atoms with Crippen LogP contribution in [0.5, 0.6) is 5.75 Å². The Morgan fingerprint density at radius 1 is 1.08 bits per heavy atom. The van der Waals surface area contributed by atoms with E-state index in [0.717, 1.165) is 5.56 Å². The lowest BCUT2D eigenvalue weighted by Crippen LogP contribution is -2.50. The molecule has 0 aliphatic heterocycles. The molecule has 0 radical (unpaired) electrons. The van der Waals surface area contributed by atoms with E-state index in [2.05, 4.69) is 0 Å². The summed E-state index contributed by atoms with van der Waals surface area (Å²) in [7, 11) is -5.56. The smallest absolute Gasteiger partial charge is 0.426 e. The van der Waals surface area contributed by atoms with Crippen LogP contribution in [0.4, 0.5) is 13.2 Å². The van der Waals surface area contributed by atoms with Crippen molar-refractivity contribution in [1.82, 2.24) is 4.72 Å². The molecule has 1 N–H and O–H groups in total. The first-order valence-electron chi connectivity index (χ1n) is 7.46. The maximum absolute atomic E-state index is 12.5. The van der Waals surface area contributed by atoms with Crippen LogP contribution in [0.25, 0.3) is 0 Å². The molecule has 1 rings (SSSR count). The Labute approximate surface area is 145 Å². The van der Waals surface area contributed by atoms with Gasteiger partial charge in [-0.1, -0.05) is 39.0 Å². The highest BCUT2D eigenvalue weighted by molar-refractivity contribution is 7.90. The monoisotopic (exact) mass is 381 g/mol. The second-order valence-corrected chi connectivity index (χ2v) is 9.01. The normalized spacial score (nSPS) is 13.6. The molecule has 0 bridgehead atoms. The second-order valence-electron chi connectivity index (χ2n) is 7.33. The number of esters is 1. The highest BCUT2D eigenvalue weighted by Crippen LogP contribution is 2.31. The molecule has 0 fully saturated rings. The van der Waals surface area contributed by atoms with E-state index < -0.39 is 33.5 Å². The number of nitrogens with one attached hydrogen (secondary N) is 1. The van der Waals surface area contributed by atoms with Crippen LogP contribution in [0.3, 0.4) is 0 Å². The van der Waals surface area contributed by atoms with E-state index in [1.54, 1.807) is 24.3 Å². The van der Waals surface area contributed by atoms with Gasteiger partial charge in [0.25, 0.3) is 0 Å². The van der Waals surface area contributed by atoms with Crippen molar-refractivity contribution in [3.63, 3.8) is 0 Å². The molecule has 1 aromatic carbocycles. The third-order valence-corrected chi connectivity index (χ3v) is 4.65. The first kappa shape index (κ1) is 21.4. The number of carbonyl (C=O) groups is 1. The molecule has 0 aliphatic carbocycles. The molecule has 5 nitrogen and oxygen atoms in total. The van der Waals surface area contributed by atoms with Crippen molar-refractivity contribution in [2.75, 3.05) is 0 Å². The second kappa shape index (κ2) is 6.95. The fourth-order valence-electron chi connectivity index (χ4n) is 2.15. The topological polar surface area (TPSA) is 72.5 Å². The zero-order valence-corrected chi connectivity index (χ0v) is 15.5. The number of sulfonamides is 1. The summed E-state index contributed by atoms with van der Waals surface area (Å²) in [5.41, 5.74) is -6.68. The zero-order chi connectivity index (χ0) is 19.7. The molecule has 0 heterocycles. The van der Waals surface area contributed by atoms with E-state index in [-0.39, 0.29) is 11.2 Å². The van der Waals surface area contributed by atoms with Crippen LogP contribution in [0, 0.1) is 0 Å². The van der Waals surface area contributed by atoms with Gasteiger partial charge in [0.05, 0.1) is 6.42 Å². The molecule has 1 aromatic rings. The number of carbonyl (C=O) groups excluding carboxylic acids is 1. The minimum Gasteiger partial charge on any atom is -0.426 e. The summed E-state index contributed by atoms with van der Waals surface area (Å²) in [5.74, 6) is -0.555. The summed E-state index contributed by atoms with van der Waals surface area (Å²) < 4.78 is 66.5. The Hall–Kier alpha value is -1.61. The molecule has 0 aromatic heterocycles. The molecule has 0 saturated carbocycles. The van der Waals surface area contributed by atoms with Gasteiger partial charge in [0.1, 0.15) is 5.75 Å². The van der Waals surface area contributed by atoms with E-state index in [4.69, 9.17) is 4.74 Å². The van der Waals surface area contributed by atoms with Gasteiger partial charge in [-0.15, -0.1) is 0 Å². The van der Waals surface area contributed by atoms with Gasteiger partial charge in [0.2, 0.25) is 0 Å². The number of ether oxygens (including phenoxy) is 1. The lowest BCUT2D eigenvalue weighted by molar-refractivity contribution is -0.135. The van der Waals surface area contributed by atoms with Crippen LogP contribution < -0.4 is 9.46 Å². The highest BCUT2D eigenvalue weighted by atomic mass is 32.2. The average Bonchev–Trinajstić information content (AvgIpc) is 2.34. The number of para-hydroxylation sites is 1. The summed E-state index contributed by atoms with van der Waals surface area (Å²) in [6, 6.07) is 6.79. The fourth-order valence-corrected chi connectivity index (χ4v) is 3.07. The average molecular weight is 381 g/mol. The van der Waals surface area contributed by atoms with Crippen molar-refractivity contribution in [3.05, 3.63) is 29.8 Å². The molecule has 0 spiro atoms. The summed E-state index contributed by atoms with van der Waals surface area (Å²) >= 11 is 0. The van der Waals surface area contributed by atoms with Crippen molar-refractivity contribution in [2.24, 2.45) is 0 Å². The van der Waals surface area contributed by atoms with Crippen LogP contribution in [-0.4, -0.2) is 25.4 Å². The van der Waals surface area contributed by atoms with Crippen LogP contribution in [0.2, 0.25) is 0 Å². The predicted molar refractivity (Wildman–Crippen MR) is 87.6 cm³/mol. The zero-order valence-electron chi connectivity index (χ0n) is 14.7. The Morgan fingerprint density at radius 3 is 2.08 bits per heavy atom. The van der Waals surface area contributed by atoms with Gasteiger partial charge >= 0.3 is 21.5 Å². The van der Waals surface area contributed by atoms with Crippen LogP contribution >= 0.6 is 0 Å². The van der Waals surface area contributed by atoms with Crippen molar-refractivity contribution in [2.45, 2.75) is 57.5 Å². The first-order chi connectivity index (χ1) is 11.1. The van der Waals surface area contributed by atoms with Gasteiger partial charge < -0.3 is 4.74 Å². The SMILES string of the molecule is CC(C)(CC(=O)Oc1ccccc1C(C)(C)C)NS(=O)(=O)C(F)(F)F. The standard InChI is InChI=1S/C16H22F3NO4S/c1-14(2,3)11-8-6-7-9-12(11)24-13(21)10-15(4,5)20-25(22,23)16(17,18)19/h6-9,20H,10H2,1-5H3. The molecule has 0 amide bonds. The van der Waals surface area contributed by atoms with Gasteiger partial charge in [-0.2, -0.15) is 13.2 Å². The highest BCUT2D eigenvalue weighted by Gasteiger charge is 2.48. The summed E-state index contributed by atoms with van der Waals surface area (Å²) in [6.45, 7) is 8.10. The lowest BCUT2D eigenvalue weighted by Gasteiger charge is -2.26. The summed E-state index contributed by atoms with van der Waals surface area (Å²) in [6.07, 6.45) is -0.569. The fraction of sp³-hybridized carbons (Fsp3) is 0.562. The number of benzene rings is 1. The molecule has 0 atom stereocenters. The van der Waals surface area contributed by atoms with E-state index in [1.165, 1.54) is 18.6 Å². The van der Waals surface area contributed by atoms with E-state index in [0.29, 0.717) is 0 Å². The van der Waals surface area contributed by atoms with Crippen LogP contribution in [0.15, 0.2) is 24.3 Å². The van der Waals surface area contributed by atoms with Gasteiger partial charge in [0, 0.05) is 11.1 Å². The van der Waals surface area contributed by atoms with Gasteiger partial charge in [-0.05, 0) is 25.3 Å². The molecule has 0 aliphatic rings. The summed E-state index contributed by atoms with van der Waals surface area (Å²) in [4.78, 5) is 12.1. The predicted octanol–water partition coefficient (Wildman–Crippen LogP) is 3.50. The molecule has 0 saturated heterocycles. The summed E-state index contributed by atoms with van der Waals surface area (Å²) in [5, 5.41) is 0. The van der Waals surface area contributed by atoms with Crippen molar-refractivity contribution < 1.29 is 31.1 Å². The minimum absolute atomic E-state index is 0.287. The van der Waals surface area contributed by atoms with Crippen molar-refractivity contribution in [1.29, 1.82) is 0 Å². The first-order valence-corrected chi connectivity index (χ1v) is 8.94. The number of alkyl halides is 3. The van der Waals surface area contributed by atoms with Crippen LogP contribution in [0.1, 0.15) is 46.6 Å². The Bertz CT molecular complexity index is 734. The number of hydrogen-bond donors (Lipinski definition) is 1. The lowest BCUT2D eigenvalue weighted by atomic mass is 9.86.